The van der Waals surface area contributed by atoms with Crippen molar-refractivity contribution < 1.29 is 4.74 Å². The van der Waals surface area contributed by atoms with E-state index in [1.807, 2.05) is 4.52 Å². The molecule has 22 heavy (non-hydrogen) atoms. The Balaban J connectivity index is 1.53. The summed E-state index contributed by atoms with van der Waals surface area (Å²) in [6, 6.07) is 0.499. The Morgan fingerprint density at radius 2 is 2.18 bits per heavy atom. The number of nitrogens with one attached hydrogen (secondary N) is 1. The first-order chi connectivity index (χ1) is 10.5. The lowest BCUT2D eigenvalue weighted by Gasteiger charge is -2.32. The maximum atomic E-state index is 5.85. The molecule has 0 aromatic carbocycles. The predicted molar refractivity (Wildman–Crippen MR) is 88.7 cm³/mol. The summed E-state index contributed by atoms with van der Waals surface area (Å²) in [7, 11) is 0. The lowest BCUT2D eigenvalue weighted by atomic mass is 9.82. The zero-order chi connectivity index (χ0) is 15.3. The Hall–Kier alpha value is -1.14. The van der Waals surface area contributed by atoms with Gasteiger partial charge in [-0.25, -0.2) is 9.50 Å². The van der Waals surface area contributed by atoms with Crippen LogP contribution in [0.5, 0.6) is 0 Å². The normalized spacial score (nSPS) is 29.0. The number of rotatable bonds is 2. The van der Waals surface area contributed by atoms with Crippen molar-refractivity contribution in [1.82, 2.24) is 14.6 Å². The highest BCUT2D eigenvalue weighted by atomic mass is 32.1. The number of ether oxygens (including phenoxy) is 1. The molecule has 3 unspecified atom stereocenters. The van der Waals surface area contributed by atoms with Crippen LogP contribution in [0, 0.1) is 5.92 Å². The van der Waals surface area contributed by atoms with E-state index in [0.29, 0.717) is 18.1 Å². The molecular formula is C16H24N4OS. The van der Waals surface area contributed by atoms with E-state index in [9.17, 15) is 0 Å². The van der Waals surface area contributed by atoms with Crippen molar-refractivity contribution in [3.8, 4) is 0 Å². The monoisotopic (exact) mass is 320 g/mol. The van der Waals surface area contributed by atoms with Crippen LogP contribution in [0.25, 0.3) is 4.96 Å². The first-order valence-electron chi connectivity index (χ1n) is 8.25. The molecule has 1 saturated carbocycles. The average Bonchev–Trinajstić information content (AvgIpc) is 3.10. The smallest absolute Gasteiger partial charge is 0.214 e. The highest BCUT2D eigenvalue weighted by molar-refractivity contribution is 7.20. The van der Waals surface area contributed by atoms with Crippen LogP contribution in [0.2, 0.25) is 0 Å². The van der Waals surface area contributed by atoms with Gasteiger partial charge in [0.15, 0.2) is 0 Å². The summed E-state index contributed by atoms with van der Waals surface area (Å²) in [5.41, 5.74) is 1.17. The summed E-state index contributed by atoms with van der Waals surface area (Å²) in [6.45, 7) is 7.46. The SMILES string of the molecule is CC(C)(C)c1cn2nc(NC3CCCC4OCCC34)sc2n1. The second-order valence-corrected chi connectivity index (χ2v) is 8.51. The third-order valence-electron chi connectivity index (χ3n) is 4.90. The molecule has 2 fully saturated rings. The zero-order valence-corrected chi connectivity index (χ0v) is 14.3. The van der Waals surface area contributed by atoms with E-state index in [4.69, 9.17) is 9.72 Å². The minimum absolute atomic E-state index is 0.0682. The van der Waals surface area contributed by atoms with Gasteiger partial charge in [0, 0.05) is 24.0 Å². The summed E-state index contributed by atoms with van der Waals surface area (Å²) in [5.74, 6) is 0.648. The molecule has 120 valence electrons. The van der Waals surface area contributed by atoms with Crippen LogP contribution in [0.15, 0.2) is 6.20 Å². The molecule has 0 amide bonds. The van der Waals surface area contributed by atoms with Crippen LogP contribution in [0.1, 0.15) is 52.1 Å². The highest BCUT2D eigenvalue weighted by Gasteiger charge is 2.38. The summed E-state index contributed by atoms with van der Waals surface area (Å²) in [6.07, 6.45) is 7.38. The first-order valence-corrected chi connectivity index (χ1v) is 9.07. The van der Waals surface area contributed by atoms with Crippen LogP contribution in [-0.2, 0) is 10.2 Å². The van der Waals surface area contributed by atoms with Gasteiger partial charge in [0.05, 0.1) is 18.0 Å². The molecule has 1 N–H and O–H groups in total. The van der Waals surface area contributed by atoms with Crippen molar-refractivity contribution in [3.63, 3.8) is 0 Å². The Morgan fingerprint density at radius 3 is 2.95 bits per heavy atom. The maximum absolute atomic E-state index is 5.85. The van der Waals surface area contributed by atoms with Gasteiger partial charge < -0.3 is 10.1 Å². The lowest BCUT2D eigenvalue weighted by Crippen LogP contribution is -2.38. The van der Waals surface area contributed by atoms with E-state index in [1.54, 1.807) is 11.3 Å². The van der Waals surface area contributed by atoms with E-state index in [1.165, 1.54) is 25.7 Å². The molecule has 2 aliphatic rings. The first kappa shape index (κ1) is 14.5. The fourth-order valence-electron chi connectivity index (χ4n) is 3.63. The van der Waals surface area contributed by atoms with Crippen molar-refractivity contribution in [2.45, 2.75) is 64.0 Å². The van der Waals surface area contributed by atoms with E-state index in [2.05, 4.69) is 37.4 Å². The van der Waals surface area contributed by atoms with Gasteiger partial charge in [0.1, 0.15) is 0 Å². The molecule has 1 aliphatic heterocycles. The van der Waals surface area contributed by atoms with Gasteiger partial charge in [-0.05, 0) is 25.7 Å². The Labute approximate surface area is 135 Å². The van der Waals surface area contributed by atoms with Crippen LogP contribution in [0.3, 0.4) is 0 Å². The van der Waals surface area contributed by atoms with Crippen LogP contribution in [0.4, 0.5) is 5.13 Å². The van der Waals surface area contributed by atoms with Gasteiger partial charge in [-0.1, -0.05) is 32.1 Å². The van der Waals surface area contributed by atoms with Gasteiger partial charge in [0.2, 0.25) is 10.1 Å². The van der Waals surface area contributed by atoms with E-state index in [-0.39, 0.29) is 5.41 Å². The standard InChI is InChI=1S/C16H24N4OS/c1-16(2,3)13-9-20-15(18-13)22-14(19-20)17-11-5-4-6-12-10(11)7-8-21-12/h9-12H,4-8H2,1-3H3,(H,17,19). The van der Waals surface area contributed by atoms with Crippen molar-refractivity contribution in [3.05, 3.63) is 11.9 Å². The summed E-state index contributed by atoms with van der Waals surface area (Å²) >= 11 is 1.65. The number of aromatic nitrogens is 3. The fraction of sp³-hybridized carbons (Fsp3) is 0.750. The molecule has 1 aliphatic carbocycles. The third-order valence-corrected chi connectivity index (χ3v) is 5.76. The lowest BCUT2D eigenvalue weighted by molar-refractivity contribution is 0.0620. The number of imidazole rings is 1. The maximum Gasteiger partial charge on any atom is 0.214 e. The van der Waals surface area contributed by atoms with E-state index < -0.39 is 0 Å². The fourth-order valence-corrected chi connectivity index (χ4v) is 4.48. The number of anilines is 1. The van der Waals surface area contributed by atoms with Crippen molar-refractivity contribution in [2.24, 2.45) is 5.92 Å². The molecule has 1 saturated heterocycles. The second kappa shape index (κ2) is 5.20. The zero-order valence-electron chi connectivity index (χ0n) is 13.5. The van der Waals surface area contributed by atoms with Crippen molar-refractivity contribution >= 4 is 21.4 Å². The van der Waals surface area contributed by atoms with Gasteiger partial charge in [0.25, 0.3) is 0 Å². The van der Waals surface area contributed by atoms with E-state index in [0.717, 1.165) is 22.4 Å². The number of fused-ring (bicyclic) bond motifs is 2. The Morgan fingerprint density at radius 1 is 1.32 bits per heavy atom. The quantitative estimate of drug-likeness (QED) is 0.921. The minimum Gasteiger partial charge on any atom is -0.378 e. The third kappa shape index (κ3) is 2.52. The van der Waals surface area contributed by atoms with Gasteiger partial charge in [-0.15, -0.1) is 5.10 Å². The van der Waals surface area contributed by atoms with Crippen LogP contribution < -0.4 is 5.32 Å². The predicted octanol–water partition coefficient (Wildman–Crippen LogP) is 3.46. The number of nitrogens with zero attached hydrogens (tertiary/aromatic N) is 3. The second-order valence-electron chi connectivity index (χ2n) is 7.55. The number of hydrogen-bond acceptors (Lipinski definition) is 5. The minimum atomic E-state index is 0.0682. The largest absolute Gasteiger partial charge is 0.378 e. The molecule has 3 heterocycles. The molecule has 2 aromatic heterocycles. The molecule has 0 bridgehead atoms. The average molecular weight is 320 g/mol. The molecule has 6 heteroatoms. The molecule has 0 radical (unpaired) electrons. The molecule has 5 nitrogen and oxygen atoms in total. The summed E-state index contributed by atoms with van der Waals surface area (Å²) < 4.78 is 7.76. The highest BCUT2D eigenvalue weighted by Crippen LogP contribution is 2.36. The Bertz CT molecular complexity index is 640. The molecule has 4 rings (SSSR count). The van der Waals surface area contributed by atoms with Gasteiger partial charge in [-0.3, -0.25) is 0 Å². The topological polar surface area (TPSA) is 51.5 Å². The molecule has 3 atom stereocenters. The van der Waals surface area contributed by atoms with Gasteiger partial charge >= 0.3 is 0 Å². The molecule has 0 spiro atoms. The van der Waals surface area contributed by atoms with Crippen LogP contribution >= 0.6 is 11.3 Å². The van der Waals surface area contributed by atoms with Crippen molar-refractivity contribution in [2.75, 3.05) is 11.9 Å². The van der Waals surface area contributed by atoms with Crippen molar-refractivity contribution in [1.29, 1.82) is 0 Å². The van der Waals surface area contributed by atoms with Gasteiger partial charge in [-0.2, -0.15) is 0 Å². The number of hydrogen-bond donors (Lipinski definition) is 1. The Kier molecular flexibility index (Phi) is 3.42. The molecule has 2 aromatic rings. The van der Waals surface area contributed by atoms with Crippen LogP contribution in [-0.4, -0.2) is 33.4 Å². The molecular weight excluding hydrogens is 296 g/mol. The summed E-state index contributed by atoms with van der Waals surface area (Å²) in [4.78, 5) is 5.69. The van der Waals surface area contributed by atoms with E-state index >= 15 is 0 Å². The summed E-state index contributed by atoms with van der Waals surface area (Å²) in [5, 5.41) is 9.32.